The van der Waals surface area contributed by atoms with Gasteiger partial charge in [0.1, 0.15) is 0 Å². The predicted molar refractivity (Wildman–Crippen MR) is 32.5 cm³/mol. The van der Waals surface area contributed by atoms with Crippen molar-refractivity contribution >= 4 is 0 Å². The fraction of sp³-hybridized carbons (Fsp3) is 0. The number of rotatable bonds is 0. The smallest absolute Gasteiger partial charge is 0.412 e. The molecule has 0 spiro atoms. The Labute approximate surface area is 79.1 Å². The normalized spacial score (nSPS) is 0. The van der Waals surface area contributed by atoms with Crippen molar-refractivity contribution in [3.05, 3.63) is 0 Å². The van der Waals surface area contributed by atoms with Gasteiger partial charge in [-0.1, -0.05) is 0 Å². The van der Waals surface area contributed by atoms with E-state index >= 15 is 0 Å². The fourth-order valence-electron chi connectivity index (χ4n) is 0. The van der Waals surface area contributed by atoms with Crippen molar-refractivity contribution in [3.63, 3.8) is 0 Å². The van der Waals surface area contributed by atoms with E-state index in [4.69, 9.17) is 0 Å². The Balaban J connectivity index is 0. The summed E-state index contributed by atoms with van der Waals surface area (Å²) in [6.45, 7) is 0. The van der Waals surface area contributed by atoms with Crippen LogP contribution >= 0.6 is 0 Å². The van der Waals surface area contributed by atoms with Crippen LogP contribution in [0, 0.1) is 0 Å². The summed E-state index contributed by atoms with van der Waals surface area (Å²) in [5, 5.41) is 0. The molecule has 10 heavy (non-hydrogen) atoms. The minimum Gasteiger partial charge on any atom is -0.412 e. The largest absolute Gasteiger partial charge is 1.00 e. The SMILES string of the molecule is O.O.O.O.O.O.O.O.O.[Na+]. The molecule has 72 valence electrons. The molecular formula is H18NaO9+. The molecule has 0 atom stereocenters. The van der Waals surface area contributed by atoms with Gasteiger partial charge in [0.05, 0.1) is 0 Å². The van der Waals surface area contributed by atoms with E-state index < -0.39 is 0 Å². The van der Waals surface area contributed by atoms with E-state index in [0.717, 1.165) is 0 Å². The van der Waals surface area contributed by atoms with Crippen molar-refractivity contribution in [2.24, 2.45) is 0 Å². The third-order valence-corrected chi connectivity index (χ3v) is 0. The minimum absolute atomic E-state index is 0. The molecule has 0 heterocycles. The van der Waals surface area contributed by atoms with E-state index in [9.17, 15) is 0 Å². The average molecular weight is 185 g/mol. The zero-order valence-electron chi connectivity index (χ0n) is 5.50. The van der Waals surface area contributed by atoms with E-state index in [-0.39, 0.29) is 78.8 Å². The Morgan fingerprint density at radius 1 is 0.200 bits per heavy atom. The molecule has 0 saturated carbocycles. The Kier molecular flexibility index (Phi) is 424000. The second-order valence-electron chi connectivity index (χ2n) is 0. The summed E-state index contributed by atoms with van der Waals surface area (Å²) in [6.07, 6.45) is 0. The van der Waals surface area contributed by atoms with Crippen LogP contribution in [0.5, 0.6) is 0 Å². The predicted octanol–water partition coefficient (Wildman–Crippen LogP) is -10.4. The molecule has 0 aliphatic heterocycles. The van der Waals surface area contributed by atoms with Gasteiger partial charge in [-0.05, 0) is 0 Å². The Morgan fingerprint density at radius 3 is 0.200 bits per heavy atom. The molecule has 10 heteroatoms. The molecule has 0 unspecified atom stereocenters. The summed E-state index contributed by atoms with van der Waals surface area (Å²) < 4.78 is 0. The molecule has 18 N–H and O–H groups in total. The van der Waals surface area contributed by atoms with Gasteiger partial charge in [0, 0.05) is 0 Å². The first kappa shape index (κ1) is 2410. The molecule has 0 aliphatic rings. The number of hydrogen-bond donors (Lipinski definition) is 0. The van der Waals surface area contributed by atoms with Crippen LogP contribution in [0.2, 0.25) is 0 Å². The van der Waals surface area contributed by atoms with Crippen LogP contribution in [0.25, 0.3) is 0 Å². The summed E-state index contributed by atoms with van der Waals surface area (Å²) in [5.74, 6) is 0. The molecule has 0 aromatic rings. The van der Waals surface area contributed by atoms with Crippen molar-refractivity contribution in [1.29, 1.82) is 0 Å². The van der Waals surface area contributed by atoms with Gasteiger partial charge in [0.25, 0.3) is 0 Å². The maximum atomic E-state index is 0. The maximum Gasteiger partial charge on any atom is 1.00 e. The van der Waals surface area contributed by atoms with E-state index in [1.54, 1.807) is 0 Å². The van der Waals surface area contributed by atoms with Crippen LogP contribution in [0.15, 0.2) is 0 Å². The van der Waals surface area contributed by atoms with Crippen LogP contribution in [0.1, 0.15) is 0 Å². The van der Waals surface area contributed by atoms with Gasteiger partial charge in [-0.3, -0.25) is 0 Å². The second-order valence-corrected chi connectivity index (χ2v) is 0. The van der Waals surface area contributed by atoms with Gasteiger partial charge in [-0.2, -0.15) is 0 Å². The van der Waals surface area contributed by atoms with Gasteiger partial charge in [0.2, 0.25) is 0 Å². The molecule has 0 bridgehead atoms. The molecule has 0 radical (unpaired) electrons. The Bertz CT molecular complexity index is 4.69. The zero-order valence-corrected chi connectivity index (χ0v) is 7.50. The molecule has 0 aromatic heterocycles. The molecule has 0 aromatic carbocycles. The zero-order chi connectivity index (χ0) is 0. The molecule has 0 rings (SSSR count). The van der Waals surface area contributed by atoms with Crippen molar-refractivity contribution in [3.8, 4) is 0 Å². The molecule has 0 amide bonds. The third-order valence-electron chi connectivity index (χ3n) is 0. The van der Waals surface area contributed by atoms with E-state index in [1.807, 2.05) is 0 Å². The molecule has 0 fully saturated rings. The summed E-state index contributed by atoms with van der Waals surface area (Å²) in [6, 6.07) is 0. The topological polar surface area (TPSA) is 284 Å². The van der Waals surface area contributed by atoms with Gasteiger partial charge in [-0.15, -0.1) is 0 Å². The minimum atomic E-state index is 0. The first-order valence-corrected chi connectivity index (χ1v) is 0. The average Bonchev–Trinajstić information content (AvgIpc) is 0. The van der Waals surface area contributed by atoms with Crippen LogP contribution < -0.4 is 29.6 Å². The summed E-state index contributed by atoms with van der Waals surface area (Å²) in [4.78, 5) is 0. The molecule has 0 saturated heterocycles. The van der Waals surface area contributed by atoms with Crippen molar-refractivity contribution < 1.29 is 78.8 Å². The monoisotopic (exact) mass is 185 g/mol. The van der Waals surface area contributed by atoms with Crippen LogP contribution in [-0.2, 0) is 0 Å². The Hall–Kier alpha value is 0.640. The summed E-state index contributed by atoms with van der Waals surface area (Å²) >= 11 is 0. The van der Waals surface area contributed by atoms with E-state index in [2.05, 4.69) is 0 Å². The van der Waals surface area contributed by atoms with Crippen molar-refractivity contribution in [1.82, 2.24) is 0 Å². The molecular weight excluding hydrogens is 167 g/mol. The second kappa shape index (κ2) is 1760. The molecule has 9 nitrogen and oxygen atoms in total. The molecule has 0 aliphatic carbocycles. The van der Waals surface area contributed by atoms with Crippen molar-refractivity contribution in [2.45, 2.75) is 0 Å². The number of hydrogen-bond acceptors (Lipinski definition) is 0. The standard InChI is InChI=1S/Na.9H2O/h;9*1H2/q+1;;;;;;;;;. The third kappa shape index (κ3) is 1230. The van der Waals surface area contributed by atoms with Gasteiger partial charge in [-0.25, -0.2) is 0 Å². The van der Waals surface area contributed by atoms with Gasteiger partial charge in [0.15, 0.2) is 0 Å². The van der Waals surface area contributed by atoms with Crippen LogP contribution in [0.4, 0.5) is 0 Å². The van der Waals surface area contributed by atoms with E-state index in [0.29, 0.717) is 0 Å². The maximum absolute atomic E-state index is 0. The Morgan fingerprint density at radius 2 is 0.200 bits per heavy atom. The fourth-order valence-corrected chi connectivity index (χ4v) is 0. The van der Waals surface area contributed by atoms with Gasteiger partial charge >= 0.3 is 29.6 Å². The van der Waals surface area contributed by atoms with Crippen LogP contribution in [-0.4, -0.2) is 49.3 Å². The first-order valence-electron chi connectivity index (χ1n) is 0. The summed E-state index contributed by atoms with van der Waals surface area (Å²) in [5.41, 5.74) is 0. The van der Waals surface area contributed by atoms with Crippen LogP contribution in [0.3, 0.4) is 0 Å². The summed E-state index contributed by atoms with van der Waals surface area (Å²) in [7, 11) is 0. The van der Waals surface area contributed by atoms with E-state index in [1.165, 1.54) is 0 Å². The van der Waals surface area contributed by atoms with Crippen molar-refractivity contribution in [2.75, 3.05) is 0 Å². The first-order chi connectivity index (χ1) is 0. The quantitative estimate of drug-likeness (QED) is 0.317. The van der Waals surface area contributed by atoms with Gasteiger partial charge < -0.3 is 49.3 Å².